The molecule has 0 aliphatic carbocycles. The Hall–Kier alpha value is -2.04. The quantitative estimate of drug-likeness (QED) is 0.689. The van der Waals surface area contributed by atoms with Gasteiger partial charge >= 0.3 is 12.0 Å². The second-order valence-corrected chi connectivity index (χ2v) is 5.07. The predicted molar refractivity (Wildman–Crippen MR) is 82.6 cm³/mol. The second-order valence-electron chi connectivity index (χ2n) is 5.07. The van der Waals surface area contributed by atoms with Gasteiger partial charge in [-0.25, -0.2) is 9.59 Å². The van der Waals surface area contributed by atoms with E-state index in [2.05, 4.69) is 24.5 Å². The van der Waals surface area contributed by atoms with Gasteiger partial charge in [0, 0.05) is 13.1 Å². The van der Waals surface area contributed by atoms with Crippen LogP contribution in [0.4, 0.5) is 4.79 Å². The van der Waals surface area contributed by atoms with Crippen molar-refractivity contribution >= 4 is 12.0 Å². The van der Waals surface area contributed by atoms with Gasteiger partial charge < -0.3 is 15.7 Å². The molecule has 116 valence electrons. The molecule has 1 aromatic rings. The molecule has 0 heterocycles. The van der Waals surface area contributed by atoms with Gasteiger partial charge in [-0.05, 0) is 30.0 Å². The molecule has 3 N–H and O–H groups in total. The Morgan fingerprint density at radius 3 is 2.24 bits per heavy atom. The largest absolute Gasteiger partial charge is 0.478 e. The van der Waals surface area contributed by atoms with E-state index < -0.39 is 5.97 Å². The van der Waals surface area contributed by atoms with Crippen LogP contribution in [0.25, 0.3) is 0 Å². The van der Waals surface area contributed by atoms with E-state index in [-0.39, 0.29) is 11.6 Å². The Bertz CT molecular complexity index is 453. The zero-order valence-corrected chi connectivity index (χ0v) is 12.7. The van der Waals surface area contributed by atoms with E-state index in [0.29, 0.717) is 25.4 Å². The molecular weight excluding hydrogens is 268 g/mol. The van der Waals surface area contributed by atoms with Gasteiger partial charge in [0.25, 0.3) is 0 Å². The lowest BCUT2D eigenvalue weighted by atomic mass is 10.0. The summed E-state index contributed by atoms with van der Waals surface area (Å²) in [6.45, 7) is 5.47. The average molecular weight is 292 g/mol. The zero-order chi connectivity index (χ0) is 15.7. The van der Waals surface area contributed by atoms with Crippen LogP contribution in [-0.2, 0) is 6.42 Å². The number of nitrogens with one attached hydrogen (secondary N) is 2. The number of hydrogen-bond donors (Lipinski definition) is 3. The Kier molecular flexibility index (Phi) is 7.29. The Balaban J connectivity index is 2.26. The highest BCUT2D eigenvalue weighted by Crippen LogP contribution is 2.05. The molecule has 0 unspecified atom stereocenters. The summed E-state index contributed by atoms with van der Waals surface area (Å²) in [5, 5.41) is 14.5. The van der Waals surface area contributed by atoms with Crippen LogP contribution in [-0.4, -0.2) is 30.2 Å². The number of carboxylic acids is 1. The van der Waals surface area contributed by atoms with Crippen LogP contribution >= 0.6 is 0 Å². The van der Waals surface area contributed by atoms with Crippen molar-refractivity contribution in [2.45, 2.75) is 33.1 Å². The highest BCUT2D eigenvalue weighted by atomic mass is 16.4. The third kappa shape index (κ3) is 6.29. The van der Waals surface area contributed by atoms with Crippen molar-refractivity contribution in [1.29, 1.82) is 0 Å². The maximum atomic E-state index is 11.6. The smallest absolute Gasteiger partial charge is 0.335 e. The number of carboxylic acid groups (broad SMARTS) is 1. The number of aromatic carboxylic acids is 1. The summed E-state index contributed by atoms with van der Waals surface area (Å²) in [5.74, 6) is -0.403. The summed E-state index contributed by atoms with van der Waals surface area (Å²) in [4.78, 5) is 22.3. The first-order chi connectivity index (χ1) is 10.1. The van der Waals surface area contributed by atoms with Gasteiger partial charge in [0.1, 0.15) is 0 Å². The van der Waals surface area contributed by atoms with E-state index >= 15 is 0 Å². The average Bonchev–Trinajstić information content (AvgIpc) is 2.49. The van der Waals surface area contributed by atoms with Gasteiger partial charge in [0.15, 0.2) is 0 Å². The lowest BCUT2D eigenvalue weighted by Crippen LogP contribution is -2.39. The van der Waals surface area contributed by atoms with Crippen molar-refractivity contribution in [2.24, 2.45) is 5.92 Å². The molecule has 0 radical (unpaired) electrons. The van der Waals surface area contributed by atoms with Crippen LogP contribution in [0.1, 0.15) is 42.6 Å². The molecule has 0 fully saturated rings. The summed E-state index contributed by atoms with van der Waals surface area (Å²) >= 11 is 0. The number of hydrogen-bond acceptors (Lipinski definition) is 2. The first-order valence-corrected chi connectivity index (χ1v) is 7.40. The molecule has 21 heavy (non-hydrogen) atoms. The van der Waals surface area contributed by atoms with E-state index in [4.69, 9.17) is 5.11 Å². The normalized spacial score (nSPS) is 10.4. The number of carbonyl (C=O) groups is 2. The Morgan fingerprint density at radius 2 is 1.71 bits per heavy atom. The van der Waals surface area contributed by atoms with Crippen molar-refractivity contribution in [1.82, 2.24) is 10.6 Å². The summed E-state index contributed by atoms with van der Waals surface area (Å²) in [6, 6.07) is 6.54. The number of carbonyl (C=O) groups excluding carboxylic acids is 1. The molecule has 5 heteroatoms. The monoisotopic (exact) mass is 292 g/mol. The van der Waals surface area contributed by atoms with Gasteiger partial charge in [-0.3, -0.25) is 0 Å². The summed E-state index contributed by atoms with van der Waals surface area (Å²) in [7, 11) is 0. The van der Waals surface area contributed by atoms with E-state index in [1.165, 1.54) is 0 Å². The molecule has 0 aliphatic heterocycles. The minimum Gasteiger partial charge on any atom is -0.478 e. The van der Waals surface area contributed by atoms with Crippen LogP contribution in [0.5, 0.6) is 0 Å². The highest BCUT2D eigenvalue weighted by Gasteiger charge is 2.06. The van der Waals surface area contributed by atoms with Crippen LogP contribution in [0.3, 0.4) is 0 Å². The lowest BCUT2D eigenvalue weighted by Gasteiger charge is -2.13. The predicted octanol–water partition coefficient (Wildman–Crippen LogP) is 2.66. The molecule has 0 aromatic heterocycles. The fraction of sp³-hybridized carbons (Fsp3) is 0.500. The topological polar surface area (TPSA) is 78.4 Å². The highest BCUT2D eigenvalue weighted by molar-refractivity contribution is 5.87. The molecule has 0 spiro atoms. The number of urea groups is 1. The molecular formula is C16H24N2O3. The fourth-order valence-corrected chi connectivity index (χ4v) is 2.01. The zero-order valence-electron chi connectivity index (χ0n) is 12.7. The van der Waals surface area contributed by atoms with Crippen molar-refractivity contribution in [2.75, 3.05) is 13.1 Å². The van der Waals surface area contributed by atoms with Crippen molar-refractivity contribution in [3.8, 4) is 0 Å². The minimum absolute atomic E-state index is 0.149. The van der Waals surface area contributed by atoms with Crippen LogP contribution in [0.2, 0.25) is 0 Å². The van der Waals surface area contributed by atoms with Crippen LogP contribution in [0, 0.1) is 5.92 Å². The molecule has 0 aliphatic rings. The van der Waals surface area contributed by atoms with E-state index in [1.54, 1.807) is 24.3 Å². The maximum absolute atomic E-state index is 11.6. The third-order valence-corrected chi connectivity index (χ3v) is 3.61. The molecule has 2 amide bonds. The molecule has 0 saturated heterocycles. The second kappa shape index (κ2) is 9.00. The van der Waals surface area contributed by atoms with E-state index in [9.17, 15) is 9.59 Å². The van der Waals surface area contributed by atoms with E-state index in [0.717, 1.165) is 18.4 Å². The molecule has 5 nitrogen and oxygen atoms in total. The summed E-state index contributed by atoms with van der Waals surface area (Å²) in [5.41, 5.74) is 1.27. The van der Waals surface area contributed by atoms with Crippen molar-refractivity contribution in [3.63, 3.8) is 0 Å². The number of benzene rings is 1. The molecule has 1 aromatic carbocycles. The van der Waals surface area contributed by atoms with E-state index in [1.807, 2.05) is 0 Å². The first kappa shape index (κ1) is 17.0. The third-order valence-electron chi connectivity index (χ3n) is 3.61. The van der Waals surface area contributed by atoms with Gasteiger partial charge in [0.05, 0.1) is 5.56 Å². The molecule has 0 bridgehead atoms. The summed E-state index contributed by atoms with van der Waals surface area (Å²) in [6.07, 6.45) is 2.80. The SMILES string of the molecule is CCC(CC)CNC(=O)NCCc1ccc(C(=O)O)cc1. The Morgan fingerprint density at radius 1 is 1.10 bits per heavy atom. The van der Waals surface area contributed by atoms with Gasteiger partial charge in [-0.2, -0.15) is 0 Å². The molecule has 1 rings (SSSR count). The fourth-order valence-electron chi connectivity index (χ4n) is 2.01. The van der Waals surface area contributed by atoms with Gasteiger partial charge in [-0.15, -0.1) is 0 Å². The van der Waals surface area contributed by atoms with Crippen molar-refractivity contribution < 1.29 is 14.7 Å². The minimum atomic E-state index is -0.930. The standard InChI is InChI=1S/C16H24N2O3/c1-3-12(4-2)11-18-16(21)17-10-9-13-5-7-14(8-6-13)15(19)20/h5-8,12H,3-4,9-11H2,1-2H3,(H,19,20)(H2,17,18,21). The van der Waals surface area contributed by atoms with Gasteiger partial charge in [-0.1, -0.05) is 38.8 Å². The Labute approximate surface area is 125 Å². The maximum Gasteiger partial charge on any atom is 0.335 e. The molecule has 0 atom stereocenters. The number of rotatable bonds is 8. The van der Waals surface area contributed by atoms with Gasteiger partial charge in [0.2, 0.25) is 0 Å². The van der Waals surface area contributed by atoms with Crippen molar-refractivity contribution in [3.05, 3.63) is 35.4 Å². The molecule has 0 saturated carbocycles. The number of amides is 2. The van der Waals surface area contributed by atoms with Crippen LogP contribution < -0.4 is 10.6 Å². The summed E-state index contributed by atoms with van der Waals surface area (Å²) < 4.78 is 0. The first-order valence-electron chi connectivity index (χ1n) is 7.40. The lowest BCUT2D eigenvalue weighted by molar-refractivity contribution is 0.0697. The van der Waals surface area contributed by atoms with Crippen LogP contribution in [0.15, 0.2) is 24.3 Å².